The van der Waals surface area contributed by atoms with Crippen molar-refractivity contribution in [3.8, 4) is 11.6 Å². The van der Waals surface area contributed by atoms with Gasteiger partial charge in [0.25, 0.3) is 0 Å². The molecule has 17 heavy (non-hydrogen) atoms. The molecule has 0 aliphatic carbocycles. The molecule has 0 unspecified atom stereocenters. The van der Waals surface area contributed by atoms with Gasteiger partial charge in [-0.1, -0.05) is 31.8 Å². The summed E-state index contributed by atoms with van der Waals surface area (Å²) in [6.07, 6.45) is 6.74. The molecule has 0 saturated carbocycles. The Kier molecular flexibility index (Phi) is 3.80. The second kappa shape index (κ2) is 5.52. The van der Waals surface area contributed by atoms with Crippen molar-refractivity contribution >= 4 is 0 Å². The lowest BCUT2D eigenvalue weighted by molar-refractivity contribution is 0.351. The highest BCUT2D eigenvalue weighted by molar-refractivity contribution is 5.40. The second-order valence-electron chi connectivity index (χ2n) is 4.07. The molecule has 2 heterocycles. The van der Waals surface area contributed by atoms with Gasteiger partial charge in [0.1, 0.15) is 0 Å². The molecule has 0 bridgehead atoms. The molecule has 0 aliphatic rings. The first-order chi connectivity index (χ1) is 8.31. The van der Waals surface area contributed by atoms with Crippen LogP contribution in [-0.4, -0.2) is 20.1 Å². The van der Waals surface area contributed by atoms with Gasteiger partial charge >= 0.3 is 0 Å². The van der Waals surface area contributed by atoms with E-state index in [1.807, 2.05) is 0 Å². The van der Waals surface area contributed by atoms with Gasteiger partial charge in [0, 0.05) is 18.3 Å². The molecule has 5 heteroatoms. The molecule has 2 aromatic heterocycles. The summed E-state index contributed by atoms with van der Waals surface area (Å²) in [6, 6.07) is 1.76. The first-order valence-corrected chi connectivity index (χ1v) is 5.92. The minimum Gasteiger partial charge on any atom is -0.339 e. The third-order valence-corrected chi connectivity index (χ3v) is 2.62. The zero-order valence-electron chi connectivity index (χ0n) is 10.1. The molecule has 0 spiro atoms. The first-order valence-electron chi connectivity index (χ1n) is 5.92. The Balaban J connectivity index is 2.11. The van der Waals surface area contributed by atoms with Crippen molar-refractivity contribution in [2.45, 2.75) is 39.0 Å². The molecule has 0 N–H and O–H groups in total. The van der Waals surface area contributed by atoms with Gasteiger partial charge in [0.05, 0.1) is 0 Å². The average Bonchev–Trinajstić information content (AvgIpc) is 2.86. The van der Waals surface area contributed by atoms with E-state index in [2.05, 4.69) is 34.0 Å². The summed E-state index contributed by atoms with van der Waals surface area (Å²) in [4.78, 5) is 12.5. The highest BCUT2D eigenvalue weighted by Gasteiger charge is 2.15. The molecule has 2 aromatic rings. The van der Waals surface area contributed by atoms with Crippen LogP contribution in [0.1, 0.15) is 44.9 Å². The fourth-order valence-electron chi connectivity index (χ4n) is 1.57. The Morgan fingerprint density at radius 2 is 2.00 bits per heavy atom. The number of unbranched alkanes of at least 4 members (excludes halogenated alkanes) is 1. The van der Waals surface area contributed by atoms with Crippen molar-refractivity contribution in [3.63, 3.8) is 0 Å². The van der Waals surface area contributed by atoms with E-state index in [1.54, 1.807) is 18.5 Å². The van der Waals surface area contributed by atoms with E-state index in [-0.39, 0.29) is 0 Å². The topological polar surface area (TPSA) is 64.7 Å². The smallest absolute Gasteiger partial charge is 0.240 e. The molecule has 0 radical (unpaired) electrons. The highest BCUT2D eigenvalue weighted by atomic mass is 16.5. The zero-order valence-corrected chi connectivity index (χ0v) is 10.1. The van der Waals surface area contributed by atoms with E-state index in [1.165, 1.54) is 12.8 Å². The molecule has 1 atom stereocenters. The lowest BCUT2D eigenvalue weighted by atomic mass is 10.0. The number of aromatic nitrogens is 4. The molecule has 0 aliphatic heterocycles. The lowest BCUT2D eigenvalue weighted by Crippen LogP contribution is -1.94. The van der Waals surface area contributed by atoms with E-state index in [0.29, 0.717) is 23.5 Å². The van der Waals surface area contributed by atoms with Gasteiger partial charge in [0.2, 0.25) is 17.5 Å². The predicted octanol–water partition coefficient (Wildman–Crippen LogP) is 2.82. The van der Waals surface area contributed by atoms with Crippen LogP contribution in [0, 0.1) is 0 Å². The Morgan fingerprint density at radius 1 is 1.24 bits per heavy atom. The molecule has 5 nitrogen and oxygen atoms in total. The average molecular weight is 232 g/mol. The summed E-state index contributed by atoms with van der Waals surface area (Å²) in [7, 11) is 0. The van der Waals surface area contributed by atoms with Crippen LogP contribution >= 0.6 is 0 Å². The lowest BCUT2D eigenvalue weighted by Gasteiger charge is -2.03. The molecule has 2 rings (SSSR count). The van der Waals surface area contributed by atoms with Crippen LogP contribution in [0.2, 0.25) is 0 Å². The van der Waals surface area contributed by atoms with Crippen molar-refractivity contribution in [2.24, 2.45) is 0 Å². The van der Waals surface area contributed by atoms with Crippen LogP contribution in [0.4, 0.5) is 0 Å². The van der Waals surface area contributed by atoms with Crippen LogP contribution in [0.15, 0.2) is 23.0 Å². The van der Waals surface area contributed by atoms with Crippen LogP contribution in [-0.2, 0) is 0 Å². The predicted molar refractivity (Wildman–Crippen MR) is 63.3 cm³/mol. The quantitative estimate of drug-likeness (QED) is 0.793. The number of nitrogens with zero attached hydrogens (tertiary/aromatic N) is 4. The van der Waals surface area contributed by atoms with E-state index in [0.717, 1.165) is 6.42 Å². The third kappa shape index (κ3) is 2.87. The maximum Gasteiger partial charge on any atom is 0.240 e. The summed E-state index contributed by atoms with van der Waals surface area (Å²) in [6.45, 7) is 4.27. The molecular formula is C12H16N4O. The number of hydrogen-bond donors (Lipinski definition) is 0. The SMILES string of the molecule is CCCC[C@H](C)c1nc(-c2ncccn2)no1. The Hall–Kier alpha value is -1.78. The number of hydrogen-bond acceptors (Lipinski definition) is 5. The largest absolute Gasteiger partial charge is 0.339 e. The van der Waals surface area contributed by atoms with Crippen molar-refractivity contribution in [1.82, 2.24) is 20.1 Å². The van der Waals surface area contributed by atoms with Gasteiger partial charge in [-0.05, 0) is 12.5 Å². The standard InChI is InChI=1S/C12H16N4O/c1-3-4-6-9(2)12-15-11(16-17-12)10-13-7-5-8-14-10/h5,7-9H,3-4,6H2,1-2H3/t9-/m0/s1. The van der Waals surface area contributed by atoms with Gasteiger partial charge in [-0.25, -0.2) is 9.97 Å². The van der Waals surface area contributed by atoms with Crippen molar-refractivity contribution in [3.05, 3.63) is 24.4 Å². The normalized spacial score (nSPS) is 12.6. The maximum atomic E-state index is 5.24. The summed E-state index contributed by atoms with van der Waals surface area (Å²) in [5.74, 6) is 1.93. The van der Waals surface area contributed by atoms with Gasteiger partial charge < -0.3 is 4.52 Å². The van der Waals surface area contributed by atoms with Crippen LogP contribution < -0.4 is 0 Å². The van der Waals surface area contributed by atoms with Gasteiger partial charge in [-0.15, -0.1) is 0 Å². The summed E-state index contributed by atoms with van der Waals surface area (Å²) in [5, 5.41) is 3.90. The Morgan fingerprint density at radius 3 is 2.71 bits per heavy atom. The van der Waals surface area contributed by atoms with E-state index >= 15 is 0 Å². The summed E-state index contributed by atoms with van der Waals surface area (Å²) < 4.78 is 5.24. The Labute approximate surface area is 100 Å². The number of rotatable bonds is 5. The molecule has 90 valence electrons. The summed E-state index contributed by atoms with van der Waals surface area (Å²) >= 11 is 0. The van der Waals surface area contributed by atoms with Crippen molar-refractivity contribution in [1.29, 1.82) is 0 Å². The third-order valence-electron chi connectivity index (χ3n) is 2.62. The van der Waals surface area contributed by atoms with Gasteiger partial charge in [-0.2, -0.15) is 4.98 Å². The van der Waals surface area contributed by atoms with Crippen LogP contribution in [0.5, 0.6) is 0 Å². The zero-order chi connectivity index (χ0) is 12.1. The van der Waals surface area contributed by atoms with Crippen LogP contribution in [0.25, 0.3) is 11.6 Å². The fourth-order valence-corrected chi connectivity index (χ4v) is 1.57. The maximum absolute atomic E-state index is 5.24. The summed E-state index contributed by atoms with van der Waals surface area (Å²) in [5.41, 5.74) is 0. The molecule has 0 amide bonds. The molecule has 0 aromatic carbocycles. The van der Waals surface area contributed by atoms with E-state index in [4.69, 9.17) is 4.52 Å². The van der Waals surface area contributed by atoms with Crippen molar-refractivity contribution in [2.75, 3.05) is 0 Å². The van der Waals surface area contributed by atoms with E-state index < -0.39 is 0 Å². The molecule has 0 fully saturated rings. The highest BCUT2D eigenvalue weighted by Crippen LogP contribution is 2.21. The Bertz CT molecular complexity index is 455. The van der Waals surface area contributed by atoms with Gasteiger partial charge in [0.15, 0.2) is 0 Å². The van der Waals surface area contributed by atoms with Gasteiger partial charge in [-0.3, -0.25) is 0 Å². The molecule has 0 saturated heterocycles. The minimum atomic E-state index is 0.292. The monoisotopic (exact) mass is 232 g/mol. The minimum absolute atomic E-state index is 0.292. The fraction of sp³-hybridized carbons (Fsp3) is 0.500. The van der Waals surface area contributed by atoms with Crippen molar-refractivity contribution < 1.29 is 4.52 Å². The van der Waals surface area contributed by atoms with Crippen LogP contribution in [0.3, 0.4) is 0 Å². The second-order valence-corrected chi connectivity index (χ2v) is 4.07. The first kappa shape index (κ1) is 11.7. The van der Waals surface area contributed by atoms with E-state index in [9.17, 15) is 0 Å². The molecular weight excluding hydrogens is 216 g/mol.